The molecule has 84 valence electrons. The number of ether oxygens (including phenoxy) is 1. The van der Waals surface area contributed by atoms with Crippen LogP contribution in [0, 0.1) is 0 Å². The van der Waals surface area contributed by atoms with E-state index in [0.29, 0.717) is 6.42 Å². The maximum absolute atomic E-state index is 10.9. The van der Waals surface area contributed by atoms with Crippen LogP contribution in [-0.4, -0.2) is 37.6 Å². The predicted octanol–water partition coefficient (Wildman–Crippen LogP) is 1.85. The fourth-order valence-corrected chi connectivity index (χ4v) is 1.71. The number of esters is 1. The Bertz CT molecular complexity index is 156. The highest BCUT2D eigenvalue weighted by molar-refractivity contribution is 5.85. The molecule has 14 heavy (non-hydrogen) atoms. The number of nitrogens with zero attached hydrogens (tertiary/aromatic N) is 1. The molecular weight excluding hydrogens is 202 g/mol. The lowest BCUT2D eigenvalue weighted by Gasteiger charge is -2.18. The van der Waals surface area contributed by atoms with Gasteiger partial charge in [-0.15, -0.1) is 12.4 Å². The lowest BCUT2D eigenvalue weighted by Crippen LogP contribution is -2.27. The second kappa shape index (κ2) is 8.06. The Hall–Kier alpha value is -0.280. The van der Waals surface area contributed by atoms with E-state index in [1.807, 2.05) is 0 Å². The Kier molecular flexibility index (Phi) is 7.90. The zero-order chi connectivity index (χ0) is 9.52. The summed E-state index contributed by atoms with van der Waals surface area (Å²) in [5.74, 6) is -0.0933. The highest BCUT2D eigenvalue weighted by Gasteiger charge is 2.10. The highest BCUT2D eigenvalue weighted by Crippen LogP contribution is 2.09. The molecular formula is C10H20ClNO2. The molecule has 0 atom stereocenters. The Labute approximate surface area is 92.2 Å². The number of rotatable bonds is 3. The number of hydrogen-bond acceptors (Lipinski definition) is 3. The maximum Gasteiger partial charge on any atom is 0.306 e. The summed E-state index contributed by atoms with van der Waals surface area (Å²) in [4.78, 5) is 13.3. The minimum absolute atomic E-state index is 0. The van der Waals surface area contributed by atoms with E-state index in [2.05, 4.69) is 9.64 Å². The molecule has 3 nitrogen and oxygen atoms in total. The molecule has 0 aromatic carbocycles. The number of carbonyl (C=O) groups excluding carboxylic acids is 1. The van der Waals surface area contributed by atoms with Crippen LogP contribution < -0.4 is 0 Å². The summed E-state index contributed by atoms with van der Waals surface area (Å²) < 4.78 is 4.61. The first kappa shape index (κ1) is 13.7. The van der Waals surface area contributed by atoms with Gasteiger partial charge in [0.05, 0.1) is 13.5 Å². The van der Waals surface area contributed by atoms with Crippen LogP contribution in [0.1, 0.15) is 32.1 Å². The zero-order valence-corrected chi connectivity index (χ0v) is 9.65. The first-order valence-electron chi connectivity index (χ1n) is 5.12. The van der Waals surface area contributed by atoms with Gasteiger partial charge in [-0.25, -0.2) is 0 Å². The van der Waals surface area contributed by atoms with E-state index in [-0.39, 0.29) is 18.4 Å². The summed E-state index contributed by atoms with van der Waals surface area (Å²) in [6, 6.07) is 0. The van der Waals surface area contributed by atoms with Crippen molar-refractivity contribution < 1.29 is 9.53 Å². The number of hydrogen-bond donors (Lipinski definition) is 0. The van der Waals surface area contributed by atoms with Gasteiger partial charge in [-0.1, -0.05) is 12.8 Å². The van der Waals surface area contributed by atoms with Gasteiger partial charge in [0, 0.05) is 6.54 Å². The second-order valence-electron chi connectivity index (χ2n) is 3.58. The molecule has 1 rings (SSSR count). The third-order valence-electron chi connectivity index (χ3n) is 2.56. The molecule has 0 saturated carbocycles. The van der Waals surface area contributed by atoms with E-state index < -0.39 is 0 Å². The van der Waals surface area contributed by atoms with Crippen molar-refractivity contribution in [2.75, 3.05) is 26.7 Å². The van der Waals surface area contributed by atoms with E-state index in [9.17, 15) is 4.79 Å². The molecule has 0 radical (unpaired) electrons. The van der Waals surface area contributed by atoms with Crippen LogP contribution >= 0.6 is 12.4 Å². The number of carbonyl (C=O) groups is 1. The van der Waals surface area contributed by atoms with Crippen molar-refractivity contribution in [2.24, 2.45) is 0 Å². The van der Waals surface area contributed by atoms with Crippen LogP contribution in [0.5, 0.6) is 0 Å². The fraction of sp³-hybridized carbons (Fsp3) is 0.900. The lowest BCUT2D eigenvalue weighted by atomic mass is 10.2. The van der Waals surface area contributed by atoms with Gasteiger partial charge in [0.1, 0.15) is 0 Å². The number of methoxy groups -OCH3 is 1. The van der Waals surface area contributed by atoms with Gasteiger partial charge in [-0.2, -0.15) is 0 Å². The van der Waals surface area contributed by atoms with Crippen molar-refractivity contribution >= 4 is 18.4 Å². The van der Waals surface area contributed by atoms with Crippen LogP contribution in [0.3, 0.4) is 0 Å². The molecule has 1 aliphatic rings. The quantitative estimate of drug-likeness (QED) is 0.682. The molecule has 0 amide bonds. The monoisotopic (exact) mass is 221 g/mol. The first-order valence-corrected chi connectivity index (χ1v) is 5.12. The van der Waals surface area contributed by atoms with Crippen LogP contribution in [-0.2, 0) is 9.53 Å². The van der Waals surface area contributed by atoms with Crippen molar-refractivity contribution in [3.63, 3.8) is 0 Å². The van der Waals surface area contributed by atoms with Gasteiger partial charge in [-0.05, 0) is 25.9 Å². The topological polar surface area (TPSA) is 29.5 Å². The average molecular weight is 222 g/mol. The van der Waals surface area contributed by atoms with Crippen molar-refractivity contribution in [1.82, 2.24) is 4.90 Å². The van der Waals surface area contributed by atoms with Crippen LogP contribution in [0.2, 0.25) is 0 Å². The smallest absolute Gasteiger partial charge is 0.306 e. The van der Waals surface area contributed by atoms with Gasteiger partial charge in [0.25, 0.3) is 0 Å². The minimum Gasteiger partial charge on any atom is -0.469 e. The molecule has 4 heteroatoms. The third kappa shape index (κ3) is 5.45. The Morgan fingerprint density at radius 2 is 1.79 bits per heavy atom. The van der Waals surface area contributed by atoms with Gasteiger partial charge in [-0.3, -0.25) is 4.79 Å². The van der Waals surface area contributed by atoms with Gasteiger partial charge >= 0.3 is 5.97 Å². The highest BCUT2D eigenvalue weighted by atomic mass is 35.5. The van der Waals surface area contributed by atoms with Crippen molar-refractivity contribution in [3.05, 3.63) is 0 Å². The largest absolute Gasteiger partial charge is 0.469 e. The Balaban J connectivity index is 0.00000169. The molecule has 0 aromatic heterocycles. The third-order valence-corrected chi connectivity index (χ3v) is 2.56. The van der Waals surface area contributed by atoms with Crippen molar-refractivity contribution in [1.29, 1.82) is 0 Å². The normalized spacial score (nSPS) is 18.1. The average Bonchev–Trinajstić information content (AvgIpc) is 2.42. The summed E-state index contributed by atoms with van der Waals surface area (Å²) in [7, 11) is 1.45. The van der Waals surface area contributed by atoms with E-state index in [4.69, 9.17) is 0 Å². The Morgan fingerprint density at radius 3 is 2.29 bits per heavy atom. The van der Waals surface area contributed by atoms with Gasteiger partial charge in [0.2, 0.25) is 0 Å². The molecule has 0 spiro atoms. The summed E-state index contributed by atoms with van der Waals surface area (Å²) in [5.41, 5.74) is 0. The van der Waals surface area contributed by atoms with E-state index >= 15 is 0 Å². The summed E-state index contributed by atoms with van der Waals surface area (Å²) in [5, 5.41) is 0. The molecule has 1 heterocycles. The Morgan fingerprint density at radius 1 is 1.21 bits per heavy atom. The fourth-order valence-electron chi connectivity index (χ4n) is 1.71. The number of halogens is 1. The zero-order valence-electron chi connectivity index (χ0n) is 8.83. The van der Waals surface area contributed by atoms with Crippen LogP contribution in [0.4, 0.5) is 0 Å². The molecule has 0 bridgehead atoms. The predicted molar refractivity (Wildman–Crippen MR) is 58.8 cm³/mol. The van der Waals surface area contributed by atoms with E-state index in [0.717, 1.165) is 19.6 Å². The second-order valence-corrected chi connectivity index (χ2v) is 3.58. The van der Waals surface area contributed by atoms with E-state index in [1.54, 1.807) is 0 Å². The summed E-state index contributed by atoms with van der Waals surface area (Å²) >= 11 is 0. The summed E-state index contributed by atoms with van der Waals surface area (Å²) in [6.45, 7) is 3.17. The molecule has 0 aliphatic carbocycles. The summed E-state index contributed by atoms with van der Waals surface area (Å²) in [6.07, 6.45) is 5.78. The first-order chi connectivity index (χ1) is 6.33. The van der Waals surface area contributed by atoms with Crippen molar-refractivity contribution in [2.45, 2.75) is 32.1 Å². The number of likely N-dealkylation sites (tertiary alicyclic amines) is 1. The minimum atomic E-state index is -0.0933. The molecule has 0 unspecified atom stereocenters. The van der Waals surface area contributed by atoms with Gasteiger partial charge < -0.3 is 9.64 Å². The lowest BCUT2D eigenvalue weighted by molar-refractivity contribution is -0.140. The molecule has 0 N–H and O–H groups in total. The standard InChI is InChI=1S/C10H19NO2.ClH/c1-13-10(12)6-9-11-7-4-2-3-5-8-11;/h2-9H2,1H3;1H. The molecule has 0 aromatic rings. The molecule has 1 aliphatic heterocycles. The SMILES string of the molecule is COC(=O)CCN1CCCCCC1.Cl. The van der Waals surface area contributed by atoms with Gasteiger partial charge in [0.15, 0.2) is 0 Å². The molecule has 1 saturated heterocycles. The van der Waals surface area contributed by atoms with E-state index in [1.165, 1.54) is 32.8 Å². The van der Waals surface area contributed by atoms with Crippen LogP contribution in [0.25, 0.3) is 0 Å². The molecule has 1 fully saturated rings. The van der Waals surface area contributed by atoms with Crippen molar-refractivity contribution in [3.8, 4) is 0 Å². The van der Waals surface area contributed by atoms with Crippen LogP contribution in [0.15, 0.2) is 0 Å². The maximum atomic E-state index is 10.9.